The molecule has 0 saturated carbocycles. The van der Waals surface area contributed by atoms with Gasteiger partial charge in [0.2, 0.25) is 0 Å². The molecule has 0 spiro atoms. The molecule has 1 unspecified atom stereocenters. The first-order valence-electron chi connectivity index (χ1n) is 6.65. The normalized spacial score (nSPS) is 12.4. The van der Waals surface area contributed by atoms with Gasteiger partial charge >= 0.3 is 0 Å². The average Bonchev–Trinajstić information content (AvgIpc) is 2.45. The SMILES string of the molecule is CCCc1ccc(C(NN)c2cc(Cl)ccc2I)cc1. The number of hydrogen-bond acceptors (Lipinski definition) is 2. The lowest BCUT2D eigenvalue weighted by Gasteiger charge is -2.19. The highest BCUT2D eigenvalue weighted by atomic mass is 127. The maximum absolute atomic E-state index is 6.10. The van der Waals surface area contributed by atoms with Crippen molar-refractivity contribution in [1.29, 1.82) is 0 Å². The van der Waals surface area contributed by atoms with Crippen LogP contribution in [-0.2, 0) is 6.42 Å². The fourth-order valence-corrected chi connectivity index (χ4v) is 3.09. The first kappa shape index (κ1) is 15.8. The molecule has 0 aliphatic rings. The van der Waals surface area contributed by atoms with Gasteiger partial charge in [-0.1, -0.05) is 49.2 Å². The van der Waals surface area contributed by atoms with Gasteiger partial charge in [-0.05, 0) is 63.9 Å². The van der Waals surface area contributed by atoms with Gasteiger partial charge in [0, 0.05) is 8.59 Å². The number of nitrogens with one attached hydrogen (secondary N) is 1. The van der Waals surface area contributed by atoms with Crippen molar-refractivity contribution in [2.75, 3.05) is 0 Å². The molecule has 106 valence electrons. The third kappa shape index (κ3) is 3.73. The molecule has 2 aromatic rings. The van der Waals surface area contributed by atoms with Crippen LogP contribution < -0.4 is 11.3 Å². The topological polar surface area (TPSA) is 38.0 Å². The van der Waals surface area contributed by atoms with Crippen LogP contribution in [0.1, 0.15) is 36.1 Å². The van der Waals surface area contributed by atoms with E-state index >= 15 is 0 Å². The Morgan fingerprint density at radius 2 is 1.90 bits per heavy atom. The van der Waals surface area contributed by atoms with Crippen LogP contribution in [-0.4, -0.2) is 0 Å². The molecule has 0 aromatic heterocycles. The zero-order chi connectivity index (χ0) is 14.5. The van der Waals surface area contributed by atoms with E-state index in [1.54, 1.807) is 0 Å². The summed E-state index contributed by atoms with van der Waals surface area (Å²) >= 11 is 8.41. The van der Waals surface area contributed by atoms with Crippen LogP contribution in [0.3, 0.4) is 0 Å². The minimum absolute atomic E-state index is 0.0451. The zero-order valence-electron chi connectivity index (χ0n) is 11.4. The van der Waals surface area contributed by atoms with Gasteiger partial charge in [-0.3, -0.25) is 5.84 Å². The predicted octanol–water partition coefficient (Wildman–Crippen LogP) is 4.45. The quantitative estimate of drug-likeness (QED) is 0.442. The highest BCUT2D eigenvalue weighted by Crippen LogP contribution is 2.28. The molecule has 0 aliphatic carbocycles. The first-order valence-corrected chi connectivity index (χ1v) is 8.11. The van der Waals surface area contributed by atoms with Crippen LogP contribution >= 0.6 is 34.2 Å². The molecule has 4 heteroatoms. The molecule has 0 amide bonds. The van der Waals surface area contributed by atoms with Gasteiger partial charge < -0.3 is 0 Å². The molecule has 2 aromatic carbocycles. The molecule has 0 radical (unpaired) electrons. The molecule has 3 N–H and O–H groups in total. The van der Waals surface area contributed by atoms with Gasteiger partial charge in [0.15, 0.2) is 0 Å². The molecule has 0 fully saturated rings. The van der Waals surface area contributed by atoms with Crippen LogP contribution in [0.15, 0.2) is 42.5 Å². The van der Waals surface area contributed by atoms with E-state index in [1.807, 2.05) is 18.2 Å². The van der Waals surface area contributed by atoms with Crippen molar-refractivity contribution in [3.05, 3.63) is 67.7 Å². The average molecular weight is 401 g/mol. The molecule has 2 nitrogen and oxygen atoms in total. The third-order valence-corrected chi connectivity index (χ3v) is 4.50. The van der Waals surface area contributed by atoms with E-state index in [-0.39, 0.29) is 6.04 Å². The second-order valence-corrected chi connectivity index (χ2v) is 6.36. The molecule has 20 heavy (non-hydrogen) atoms. The predicted molar refractivity (Wildman–Crippen MR) is 93.8 cm³/mol. The Balaban J connectivity index is 2.34. The fourth-order valence-electron chi connectivity index (χ4n) is 2.27. The number of halogens is 2. The summed E-state index contributed by atoms with van der Waals surface area (Å²) in [6, 6.07) is 14.4. The van der Waals surface area contributed by atoms with Gasteiger partial charge in [0.25, 0.3) is 0 Å². The summed E-state index contributed by atoms with van der Waals surface area (Å²) in [5.41, 5.74) is 6.49. The summed E-state index contributed by atoms with van der Waals surface area (Å²) in [4.78, 5) is 0. The van der Waals surface area contributed by atoms with E-state index in [1.165, 1.54) is 5.56 Å². The van der Waals surface area contributed by atoms with E-state index in [2.05, 4.69) is 59.2 Å². The molecule has 0 aliphatic heterocycles. The fraction of sp³-hybridized carbons (Fsp3) is 0.250. The molecule has 0 saturated heterocycles. The number of hydrazine groups is 1. The Bertz CT molecular complexity index is 569. The van der Waals surface area contributed by atoms with Gasteiger partial charge in [0.05, 0.1) is 6.04 Å². The molecule has 2 rings (SSSR count). The Morgan fingerprint density at radius 3 is 2.50 bits per heavy atom. The van der Waals surface area contributed by atoms with Crippen LogP contribution in [0.25, 0.3) is 0 Å². The van der Waals surface area contributed by atoms with Crippen molar-refractivity contribution in [2.24, 2.45) is 5.84 Å². The Hall–Kier alpha value is -0.620. The summed E-state index contributed by atoms with van der Waals surface area (Å²) < 4.78 is 1.15. The molecular formula is C16H18ClIN2. The van der Waals surface area contributed by atoms with Gasteiger partial charge in [-0.15, -0.1) is 0 Å². The zero-order valence-corrected chi connectivity index (χ0v) is 14.3. The van der Waals surface area contributed by atoms with Crippen molar-refractivity contribution in [2.45, 2.75) is 25.8 Å². The van der Waals surface area contributed by atoms with Crippen molar-refractivity contribution >= 4 is 34.2 Å². The molecular weight excluding hydrogens is 383 g/mol. The second kappa shape index (κ2) is 7.41. The lowest BCUT2D eigenvalue weighted by Crippen LogP contribution is -2.29. The van der Waals surface area contributed by atoms with E-state index in [4.69, 9.17) is 17.4 Å². The van der Waals surface area contributed by atoms with Gasteiger partial charge in [0.1, 0.15) is 0 Å². The molecule has 0 heterocycles. The number of aryl methyl sites for hydroxylation is 1. The smallest absolute Gasteiger partial charge is 0.0720 e. The maximum Gasteiger partial charge on any atom is 0.0720 e. The summed E-state index contributed by atoms with van der Waals surface area (Å²) in [5.74, 6) is 5.76. The Labute approximate surface area is 138 Å². The highest BCUT2D eigenvalue weighted by molar-refractivity contribution is 14.1. The maximum atomic E-state index is 6.10. The van der Waals surface area contributed by atoms with E-state index in [0.29, 0.717) is 0 Å². The van der Waals surface area contributed by atoms with Gasteiger partial charge in [-0.25, -0.2) is 5.43 Å². The summed E-state index contributed by atoms with van der Waals surface area (Å²) in [5, 5.41) is 0.725. The van der Waals surface area contributed by atoms with E-state index in [9.17, 15) is 0 Å². The Morgan fingerprint density at radius 1 is 1.20 bits per heavy atom. The summed E-state index contributed by atoms with van der Waals surface area (Å²) in [6.07, 6.45) is 2.26. The second-order valence-electron chi connectivity index (χ2n) is 4.76. The summed E-state index contributed by atoms with van der Waals surface area (Å²) in [7, 11) is 0. The highest BCUT2D eigenvalue weighted by Gasteiger charge is 2.15. The number of rotatable bonds is 5. The minimum atomic E-state index is -0.0451. The molecule has 0 bridgehead atoms. The van der Waals surface area contributed by atoms with E-state index < -0.39 is 0 Å². The van der Waals surface area contributed by atoms with Crippen LogP contribution in [0.2, 0.25) is 5.02 Å². The van der Waals surface area contributed by atoms with Crippen molar-refractivity contribution < 1.29 is 0 Å². The first-order chi connectivity index (χ1) is 9.65. The third-order valence-electron chi connectivity index (χ3n) is 3.29. The Kier molecular flexibility index (Phi) is 5.84. The lowest BCUT2D eigenvalue weighted by atomic mass is 9.97. The lowest BCUT2D eigenvalue weighted by molar-refractivity contribution is 0.634. The van der Waals surface area contributed by atoms with Crippen LogP contribution in [0, 0.1) is 3.57 Å². The number of hydrogen-bond donors (Lipinski definition) is 2. The minimum Gasteiger partial charge on any atom is -0.271 e. The van der Waals surface area contributed by atoms with Crippen molar-refractivity contribution in [3.8, 4) is 0 Å². The monoisotopic (exact) mass is 400 g/mol. The van der Waals surface area contributed by atoms with E-state index in [0.717, 1.165) is 32.6 Å². The van der Waals surface area contributed by atoms with Crippen molar-refractivity contribution in [3.63, 3.8) is 0 Å². The number of benzene rings is 2. The largest absolute Gasteiger partial charge is 0.271 e. The standard InChI is InChI=1S/C16H18ClIN2/c1-2-3-11-4-6-12(7-5-11)16(20-19)14-10-13(17)8-9-15(14)18/h4-10,16,20H,2-3,19H2,1H3. The number of nitrogens with two attached hydrogens (primary N) is 1. The van der Waals surface area contributed by atoms with Crippen LogP contribution in [0.5, 0.6) is 0 Å². The summed E-state index contributed by atoms with van der Waals surface area (Å²) in [6.45, 7) is 2.19. The van der Waals surface area contributed by atoms with Crippen molar-refractivity contribution in [1.82, 2.24) is 5.43 Å². The van der Waals surface area contributed by atoms with Crippen LogP contribution in [0.4, 0.5) is 0 Å². The van der Waals surface area contributed by atoms with Gasteiger partial charge in [-0.2, -0.15) is 0 Å². The molecule has 1 atom stereocenters.